The highest BCUT2D eigenvalue weighted by Gasteiger charge is 2.21. The Hall–Kier alpha value is -1.36. The summed E-state index contributed by atoms with van der Waals surface area (Å²) in [4.78, 5) is 16.5. The van der Waals surface area contributed by atoms with Gasteiger partial charge in [-0.15, -0.1) is 0 Å². The van der Waals surface area contributed by atoms with Gasteiger partial charge in [0, 0.05) is 30.5 Å². The first kappa shape index (κ1) is 14.1. The maximum Gasteiger partial charge on any atom is 0.293 e. The molecule has 1 aromatic rings. The standard InChI is InChI=1S/C14H24N4O/c1-10(2)18-9-8-16-13(14(18)19)17-12-7-5-3-4-6-11(12)15/h8-12H,3-7,15H2,1-2H3,(H,16,17). The normalized spacial score (nSPS) is 24.2. The van der Waals surface area contributed by atoms with Gasteiger partial charge in [0.05, 0.1) is 0 Å². The van der Waals surface area contributed by atoms with Crippen LogP contribution in [0.4, 0.5) is 5.82 Å². The van der Waals surface area contributed by atoms with Gasteiger partial charge in [0.15, 0.2) is 5.82 Å². The van der Waals surface area contributed by atoms with Crippen LogP contribution >= 0.6 is 0 Å². The van der Waals surface area contributed by atoms with Crippen LogP contribution in [0.3, 0.4) is 0 Å². The molecule has 0 bridgehead atoms. The molecule has 1 fully saturated rings. The van der Waals surface area contributed by atoms with Crippen molar-refractivity contribution >= 4 is 5.82 Å². The predicted molar refractivity (Wildman–Crippen MR) is 77.4 cm³/mol. The molecule has 0 aromatic carbocycles. The van der Waals surface area contributed by atoms with E-state index in [9.17, 15) is 4.79 Å². The van der Waals surface area contributed by atoms with Crippen molar-refractivity contribution in [3.63, 3.8) is 0 Å². The molecule has 0 aliphatic heterocycles. The van der Waals surface area contributed by atoms with Crippen LogP contribution in [0.2, 0.25) is 0 Å². The number of anilines is 1. The maximum absolute atomic E-state index is 12.3. The van der Waals surface area contributed by atoms with Gasteiger partial charge in [-0.25, -0.2) is 4.98 Å². The molecule has 2 unspecified atom stereocenters. The third kappa shape index (κ3) is 3.35. The summed E-state index contributed by atoms with van der Waals surface area (Å²) in [6.45, 7) is 3.98. The number of aromatic nitrogens is 2. The van der Waals surface area contributed by atoms with Gasteiger partial charge in [-0.05, 0) is 26.7 Å². The molecule has 106 valence electrons. The quantitative estimate of drug-likeness (QED) is 0.818. The number of rotatable bonds is 3. The fourth-order valence-corrected chi connectivity index (χ4v) is 2.62. The van der Waals surface area contributed by atoms with Crippen molar-refractivity contribution in [1.82, 2.24) is 9.55 Å². The van der Waals surface area contributed by atoms with Crippen LogP contribution in [0.1, 0.15) is 52.0 Å². The minimum atomic E-state index is -0.0612. The van der Waals surface area contributed by atoms with Gasteiger partial charge in [-0.3, -0.25) is 4.79 Å². The van der Waals surface area contributed by atoms with Crippen molar-refractivity contribution in [2.24, 2.45) is 5.73 Å². The number of hydrogen-bond donors (Lipinski definition) is 2. The van der Waals surface area contributed by atoms with E-state index in [0.29, 0.717) is 5.82 Å². The van der Waals surface area contributed by atoms with E-state index in [2.05, 4.69) is 10.3 Å². The molecule has 2 rings (SSSR count). The molecule has 5 heteroatoms. The van der Waals surface area contributed by atoms with E-state index in [1.165, 1.54) is 12.8 Å². The first-order valence-electron chi connectivity index (χ1n) is 7.19. The zero-order chi connectivity index (χ0) is 13.8. The molecule has 0 amide bonds. The summed E-state index contributed by atoms with van der Waals surface area (Å²) in [6.07, 6.45) is 9.00. The Morgan fingerprint density at radius 2 is 2.11 bits per heavy atom. The number of hydrogen-bond acceptors (Lipinski definition) is 4. The maximum atomic E-state index is 12.3. The smallest absolute Gasteiger partial charge is 0.293 e. The minimum Gasteiger partial charge on any atom is -0.361 e. The van der Waals surface area contributed by atoms with Gasteiger partial charge in [0.1, 0.15) is 0 Å². The highest BCUT2D eigenvalue weighted by Crippen LogP contribution is 2.18. The van der Waals surface area contributed by atoms with Crippen LogP contribution in [-0.2, 0) is 0 Å². The molecule has 0 spiro atoms. The van der Waals surface area contributed by atoms with Gasteiger partial charge in [-0.1, -0.05) is 19.3 Å². The lowest BCUT2D eigenvalue weighted by Crippen LogP contribution is -2.41. The number of nitrogens with two attached hydrogens (primary N) is 1. The minimum absolute atomic E-state index is 0.0612. The fourth-order valence-electron chi connectivity index (χ4n) is 2.62. The topological polar surface area (TPSA) is 72.9 Å². The van der Waals surface area contributed by atoms with Gasteiger partial charge >= 0.3 is 0 Å². The molecule has 1 heterocycles. The van der Waals surface area contributed by atoms with E-state index < -0.39 is 0 Å². The van der Waals surface area contributed by atoms with Crippen LogP contribution in [0.15, 0.2) is 17.2 Å². The summed E-state index contributed by atoms with van der Waals surface area (Å²) in [5.74, 6) is 0.429. The van der Waals surface area contributed by atoms with Gasteiger partial charge in [-0.2, -0.15) is 0 Å². The van der Waals surface area contributed by atoms with Crippen molar-refractivity contribution in [3.05, 3.63) is 22.7 Å². The van der Waals surface area contributed by atoms with Crippen LogP contribution in [0, 0.1) is 0 Å². The molecule has 3 N–H and O–H groups in total. The van der Waals surface area contributed by atoms with Gasteiger partial charge in [0.2, 0.25) is 0 Å². The highest BCUT2D eigenvalue weighted by molar-refractivity contribution is 5.33. The molecular weight excluding hydrogens is 240 g/mol. The first-order valence-corrected chi connectivity index (χ1v) is 7.19. The summed E-state index contributed by atoms with van der Waals surface area (Å²) < 4.78 is 1.69. The Labute approximate surface area is 114 Å². The summed E-state index contributed by atoms with van der Waals surface area (Å²) >= 11 is 0. The average Bonchev–Trinajstić information content (AvgIpc) is 2.57. The molecule has 19 heavy (non-hydrogen) atoms. The zero-order valence-electron chi connectivity index (χ0n) is 11.8. The molecule has 0 radical (unpaired) electrons. The van der Waals surface area contributed by atoms with Crippen LogP contribution in [-0.4, -0.2) is 21.6 Å². The van der Waals surface area contributed by atoms with E-state index in [1.807, 2.05) is 13.8 Å². The summed E-state index contributed by atoms with van der Waals surface area (Å²) in [6, 6.07) is 0.404. The SMILES string of the molecule is CC(C)n1ccnc(NC2CCCCCC2N)c1=O. The summed E-state index contributed by atoms with van der Waals surface area (Å²) in [7, 11) is 0. The van der Waals surface area contributed by atoms with Crippen LogP contribution in [0.5, 0.6) is 0 Å². The second-order valence-electron chi connectivity index (χ2n) is 5.63. The van der Waals surface area contributed by atoms with E-state index >= 15 is 0 Å². The molecule has 1 aliphatic carbocycles. The molecule has 5 nitrogen and oxygen atoms in total. The lowest BCUT2D eigenvalue weighted by molar-refractivity contribution is 0.522. The van der Waals surface area contributed by atoms with Crippen molar-refractivity contribution in [2.45, 2.75) is 64.1 Å². The number of nitrogens with one attached hydrogen (secondary N) is 1. The Balaban J connectivity index is 2.18. The van der Waals surface area contributed by atoms with E-state index in [4.69, 9.17) is 5.73 Å². The first-order chi connectivity index (χ1) is 9.09. The third-order valence-corrected chi connectivity index (χ3v) is 3.82. The van der Waals surface area contributed by atoms with Crippen molar-refractivity contribution < 1.29 is 0 Å². The second-order valence-corrected chi connectivity index (χ2v) is 5.63. The van der Waals surface area contributed by atoms with E-state index in [0.717, 1.165) is 19.3 Å². The van der Waals surface area contributed by atoms with Gasteiger partial charge in [0.25, 0.3) is 5.56 Å². The molecule has 0 saturated heterocycles. The Morgan fingerprint density at radius 1 is 1.37 bits per heavy atom. The lowest BCUT2D eigenvalue weighted by Gasteiger charge is -2.23. The summed E-state index contributed by atoms with van der Waals surface area (Å²) in [5, 5.41) is 3.26. The third-order valence-electron chi connectivity index (χ3n) is 3.82. The molecular formula is C14H24N4O. The van der Waals surface area contributed by atoms with Crippen LogP contribution < -0.4 is 16.6 Å². The predicted octanol–water partition coefficient (Wildman–Crippen LogP) is 1.90. The Kier molecular flexibility index (Phi) is 4.58. The lowest BCUT2D eigenvalue weighted by atomic mass is 10.0. The van der Waals surface area contributed by atoms with Crippen LogP contribution in [0.25, 0.3) is 0 Å². The monoisotopic (exact) mass is 264 g/mol. The summed E-state index contributed by atoms with van der Waals surface area (Å²) in [5.41, 5.74) is 6.11. The molecule has 2 atom stereocenters. The van der Waals surface area contributed by atoms with E-state index in [1.54, 1.807) is 17.0 Å². The highest BCUT2D eigenvalue weighted by atomic mass is 16.1. The molecule has 1 aromatic heterocycles. The molecule has 1 aliphatic rings. The number of nitrogens with zero attached hydrogens (tertiary/aromatic N) is 2. The van der Waals surface area contributed by atoms with Crippen molar-refractivity contribution in [3.8, 4) is 0 Å². The van der Waals surface area contributed by atoms with Crippen molar-refractivity contribution in [2.75, 3.05) is 5.32 Å². The van der Waals surface area contributed by atoms with E-state index in [-0.39, 0.29) is 23.7 Å². The van der Waals surface area contributed by atoms with Gasteiger partial charge < -0.3 is 15.6 Å². The average molecular weight is 264 g/mol. The largest absolute Gasteiger partial charge is 0.361 e. The molecule has 1 saturated carbocycles. The second kappa shape index (κ2) is 6.19. The van der Waals surface area contributed by atoms with Crippen molar-refractivity contribution in [1.29, 1.82) is 0 Å². The fraction of sp³-hybridized carbons (Fsp3) is 0.714. The Bertz CT molecular complexity index is 469. The zero-order valence-corrected chi connectivity index (χ0v) is 11.8. The Morgan fingerprint density at radius 3 is 2.84 bits per heavy atom.